The Hall–Kier alpha value is -4.04. The van der Waals surface area contributed by atoms with Crippen molar-refractivity contribution >= 4 is 0 Å². The maximum absolute atomic E-state index is 5.17. The second-order valence-electron chi connectivity index (χ2n) is 9.59. The normalized spacial score (nSPS) is 12.5. The minimum absolute atomic E-state index is 0.647. The summed E-state index contributed by atoms with van der Waals surface area (Å²) in [5.74, 6) is 0.831. The Balaban J connectivity index is 1.33. The summed E-state index contributed by atoms with van der Waals surface area (Å²) in [6.45, 7) is 4.34. The van der Waals surface area contributed by atoms with Gasteiger partial charge in [-0.15, -0.1) is 0 Å². The number of fused-ring (bicyclic) bond motifs is 3. The third-order valence-electron chi connectivity index (χ3n) is 7.10. The van der Waals surface area contributed by atoms with Crippen LogP contribution < -0.4 is 0 Å². The first kappa shape index (κ1) is 23.4. The molecule has 0 unspecified atom stereocenters. The van der Waals surface area contributed by atoms with E-state index in [1.54, 1.807) is 7.11 Å². The lowest BCUT2D eigenvalue weighted by molar-refractivity contribution is 0.183. The van der Waals surface area contributed by atoms with Crippen molar-refractivity contribution in [3.63, 3.8) is 0 Å². The van der Waals surface area contributed by atoms with Gasteiger partial charge in [-0.2, -0.15) is 10.2 Å². The van der Waals surface area contributed by atoms with E-state index in [4.69, 9.17) is 14.7 Å². The molecule has 1 aliphatic rings. The SMILES string of the molecule is CCn1cc(Cc2ncc3c(n2)-c2c(cn(C)c2-c2ccc(-c4cnn(CCOC)c4)cc2)CC3)cn1. The van der Waals surface area contributed by atoms with Gasteiger partial charge in [0.1, 0.15) is 5.82 Å². The molecule has 0 saturated carbocycles. The minimum atomic E-state index is 0.647. The highest BCUT2D eigenvalue weighted by Crippen LogP contribution is 2.41. The Morgan fingerprint density at radius 2 is 1.65 bits per heavy atom. The topological polar surface area (TPSA) is 75.6 Å². The molecule has 8 heteroatoms. The lowest BCUT2D eigenvalue weighted by Gasteiger charge is -2.18. The van der Waals surface area contributed by atoms with Gasteiger partial charge in [-0.3, -0.25) is 9.36 Å². The lowest BCUT2D eigenvalue weighted by Crippen LogP contribution is -2.08. The summed E-state index contributed by atoms with van der Waals surface area (Å²) < 4.78 is 11.3. The molecule has 0 bridgehead atoms. The molecule has 1 aliphatic carbocycles. The second kappa shape index (κ2) is 9.78. The van der Waals surface area contributed by atoms with E-state index in [9.17, 15) is 0 Å². The number of hydrogen-bond donors (Lipinski definition) is 0. The van der Waals surface area contributed by atoms with Crippen LogP contribution in [0.1, 0.15) is 29.4 Å². The van der Waals surface area contributed by atoms with Crippen LogP contribution in [0.4, 0.5) is 0 Å². The monoisotopic (exact) mass is 493 g/mol. The second-order valence-corrected chi connectivity index (χ2v) is 9.59. The Morgan fingerprint density at radius 3 is 2.43 bits per heavy atom. The van der Waals surface area contributed by atoms with Crippen molar-refractivity contribution < 1.29 is 4.74 Å². The molecule has 0 N–H and O–H groups in total. The summed E-state index contributed by atoms with van der Waals surface area (Å²) in [6, 6.07) is 8.75. The van der Waals surface area contributed by atoms with Crippen LogP contribution in [0, 0.1) is 0 Å². The fraction of sp³-hybridized carbons (Fsp3) is 0.310. The van der Waals surface area contributed by atoms with Crippen LogP contribution in [0.3, 0.4) is 0 Å². The molecule has 4 aromatic heterocycles. The average molecular weight is 494 g/mol. The van der Waals surface area contributed by atoms with E-state index in [0.717, 1.165) is 54.1 Å². The molecule has 0 saturated heterocycles. The fourth-order valence-corrected chi connectivity index (χ4v) is 5.18. The summed E-state index contributed by atoms with van der Waals surface area (Å²) >= 11 is 0. The van der Waals surface area contributed by atoms with Gasteiger partial charge in [-0.25, -0.2) is 9.97 Å². The molecule has 37 heavy (non-hydrogen) atoms. The van der Waals surface area contributed by atoms with Gasteiger partial charge in [0.25, 0.3) is 0 Å². The van der Waals surface area contributed by atoms with Crippen molar-refractivity contribution in [3.8, 4) is 33.6 Å². The predicted octanol–water partition coefficient (Wildman–Crippen LogP) is 4.56. The highest BCUT2D eigenvalue weighted by atomic mass is 16.5. The van der Waals surface area contributed by atoms with Crippen LogP contribution >= 0.6 is 0 Å². The third kappa shape index (κ3) is 4.49. The van der Waals surface area contributed by atoms with E-state index >= 15 is 0 Å². The van der Waals surface area contributed by atoms with Crippen molar-refractivity contribution in [1.82, 2.24) is 34.1 Å². The lowest BCUT2D eigenvalue weighted by atomic mass is 9.89. The zero-order valence-electron chi connectivity index (χ0n) is 21.6. The Morgan fingerprint density at radius 1 is 0.865 bits per heavy atom. The Kier molecular flexibility index (Phi) is 6.18. The fourth-order valence-electron chi connectivity index (χ4n) is 5.18. The van der Waals surface area contributed by atoms with Crippen molar-refractivity contribution in [2.24, 2.45) is 7.05 Å². The van der Waals surface area contributed by atoms with Crippen molar-refractivity contribution in [2.75, 3.05) is 13.7 Å². The number of aromatic nitrogens is 7. The number of hydrogen-bond acceptors (Lipinski definition) is 5. The van der Waals surface area contributed by atoms with Crippen LogP contribution in [0.2, 0.25) is 0 Å². The van der Waals surface area contributed by atoms with E-state index in [2.05, 4.69) is 71.6 Å². The van der Waals surface area contributed by atoms with E-state index < -0.39 is 0 Å². The Labute approximate surface area is 216 Å². The molecule has 0 fully saturated rings. The van der Waals surface area contributed by atoms with E-state index in [1.807, 2.05) is 28.0 Å². The summed E-state index contributed by atoms with van der Waals surface area (Å²) in [5.41, 5.74) is 10.6. The zero-order valence-corrected chi connectivity index (χ0v) is 21.6. The van der Waals surface area contributed by atoms with Crippen LogP contribution in [-0.2, 0) is 44.1 Å². The molecule has 0 atom stereocenters. The number of aryl methyl sites for hydroxylation is 4. The van der Waals surface area contributed by atoms with Crippen molar-refractivity contribution in [1.29, 1.82) is 0 Å². The average Bonchev–Trinajstić information content (AvgIpc) is 3.66. The van der Waals surface area contributed by atoms with E-state index in [-0.39, 0.29) is 0 Å². The molecule has 188 valence electrons. The highest BCUT2D eigenvalue weighted by Gasteiger charge is 2.25. The third-order valence-corrected chi connectivity index (χ3v) is 7.10. The maximum atomic E-state index is 5.17. The van der Waals surface area contributed by atoms with Gasteiger partial charge in [0.2, 0.25) is 0 Å². The van der Waals surface area contributed by atoms with E-state index in [0.29, 0.717) is 13.0 Å². The van der Waals surface area contributed by atoms with Crippen LogP contribution in [0.15, 0.2) is 61.4 Å². The smallest absolute Gasteiger partial charge is 0.133 e. The number of benzene rings is 1. The minimum Gasteiger partial charge on any atom is -0.383 e. The van der Waals surface area contributed by atoms with Gasteiger partial charge in [-0.1, -0.05) is 24.3 Å². The van der Waals surface area contributed by atoms with Crippen LogP contribution in [0.25, 0.3) is 33.6 Å². The molecule has 6 rings (SSSR count). The number of ether oxygens (including phenoxy) is 1. The molecular formula is C29H31N7O. The zero-order chi connectivity index (χ0) is 25.4. The molecule has 0 radical (unpaired) electrons. The van der Waals surface area contributed by atoms with Crippen molar-refractivity contribution in [2.45, 2.75) is 39.3 Å². The number of nitrogens with zero attached hydrogens (tertiary/aromatic N) is 7. The molecule has 1 aromatic carbocycles. The van der Waals surface area contributed by atoms with Gasteiger partial charge in [0, 0.05) is 63.0 Å². The maximum Gasteiger partial charge on any atom is 0.133 e. The van der Waals surface area contributed by atoms with Gasteiger partial charge >= 0.3 is 0 Å². The highest BCUT2D eigenvalue weighted by molar-refractivity contribution is 5.86. The quantitative estimate of drug-likeness (QED) is 0.317. The first-order valence-corrected chi connectivity index (χ1v) is 12.8. The summed E-state index contributed by atoms with van der Waals surface area (Å²) in [7, 11) is 3.83. The first-order valence-electron chi connectivity index (χ1n) is 12.8. The van der Waals surface area contributed by atoms with Gasteiger partial charge in [0.05, 0.1) is 36.9 Å². The molecule has 0 spiro atoms. The van der Waals surface area contributed by atoms with Gasteiger partial charge in [-0.05, 0) is 47.6 Å². The summed E-state index contributed by atoms with van der Waals surface area (Å²) in [4.78, 5) is 9.79. The first-order chi connectivity index (χ1) is 18.1. The van der Waals surface area contributed by atoms with Crippen molar-refractivity contribution in [3.05, 3.63) is 84.0 Å². The molecule has 4 heterocycles. The van der Waals surface area contributed by atoms with Crippen LogP contribution in [-0.4, -0.2) is 47.8 Å². The molecule has 5 aromatic rings. The molecule has 8 nitrogen and oxygen atoms in total. The molecule has 0 aliphatic heterocycles. The molecular weight excluding hydrogens is 462 g/mol. The predicted molar refractivity (Wildman–Crippen MR) is 143 cm³/mol. The summed E-state index contributed by atoms with van der Waals surface area (Å²) in [6.07, 6.45) is 14.9. The molecule has 0 amide bonds. The largest absolute Gasteiger partial charge is 0.383 e. The Bertz CT molecular complexity index is 1540. The summed E-state index contributed by atoms with van der Waals surface area (Å²) in [5, 5.41) is 8.86. The number of rotatable bonds is 8. The van der Waals surface area contributed by atoms with Crippen LogP contribution in [0.5, 0.6) is 0 Å². The standard InChI is InChI=1S/C29H31N7O/c1-4-35-17-20(14-31-35)13-26-30-15-23-9-10-24-18-34(2)29(27(24)28(23)33-26)22-7-5-21(6-8-22)25-16-32-36(19-25)11-12-37-3/h5-8,14-19H,4,9-13H2,1-3H3. The number of methoxy groups -OCH3 is 1. The van der Waals surface area contributed by atoms with Gasteiger partial charge < -0.3 is 9.30 Å². The van der Waals surface area contributed by atoms with Gasteiger partial charge in [0.15, 0.2) is 0 Å². The van der Waals surface area contributed by atoms with E-state index in [1.165, 1.54) is 27.9 Å².